The first-order valence-electron chi connectivity index (χ1n) is 6.46. The van der Waals surface area contributed by atoms with Crippen molar-refractivity contribution in [2.75, 3.05) is 12.4 Å². The Morgan fingerprint density at radius 2 is 2.23 bits per heavy atom. The molecule has 0 aliphatic rings. The minimum atomic E-state index is -0.370. The summed E-state index contributed by atoms with van der Waals surface area (Å²) in [5.41, 5.74) is 1.44. The van der Waals surface area contributed by atoms with E-state index >= 15 is 0 Å². The predicted octanol–water partition coefficient (Wildman–Crippen LogP) is 2.30. The molecule has 1 heterocycles. The lowest BCUT2D eigenvalue weighted by molar-refractivity contribution is -0.115. The summed E-state index contributed by atoms with van der Waals surface area (Å²) in [6.07, 6.45) is 0. The highest BCUT2D eigenvalue weighted by Crippen LogP contribution is 2.31. The number of hydrogen-bond donors (Lipinski definition) is 1. The second-order valence-electron chi connectivity index (χ2n) is 4.64. The Bertz CT molecular complexity index is 691. The fourth-order valence-electron chi connectivity index (χ4n) is 1.70. The number of aromatic nitrogens is 4. The third kappa shape index (κ3) is 3.69. The molecule has 22 heavy (non-hydrogen) atoms. The number of aryl methyl sites for hydroxylation is 2. The largest absolute Gasteiger partial charge is 0.495 e. The lowest BCUT2D eigenvalue weighted by Crippen LogP contribution is -2.23. The molecule has 1 amide bonds. The number of benzene rings is 1. The van der Waals surface area contributed by atoms with E-state index in [9.17, 15) is 4.79 Å². The molecule has 1 aromatic heterocycles. The van der Waals surface area contributed by atoms with E-state index in [2.05, 4.69) is 20.8 Å². The Morgan fingerprint density at radius 1 is 1.50 bits per heavy atom. The first-order chi connectivity index (χ1) is 10.4. The molecule has 1 N–H and O–H groups in total. The SMILES string of the molecule is COc1cc(Cl)c(C)cc1NC(=O)C(C)Sc1nnnn1C. The number of thioether (sulfide) groups is 1. The zero-order valence-corrected chi connectivity index (χ0v) is 14.2. The van der Waals surface area contributed by atoms with Crippen LogP contribution in [0.4, 0.5) is 5.69 Å². The number of hydrogen-bond acceptors (Lipinski definition) is 6. The van der Waals surface area contributed by atoms with Crippen LogP contribution < -0.4 is 10.1 Å². The topological polar surface area (TPSA) is 81.9 Å². The first kappa shape index (κ1) is 16.6. The Kier molecular flexibility index (Phi) is 5.25. The van der Waals surface area contributed by atoms with Crippen molar-refractivity contribution in [3.8, 4) is 5.75 Å². The van der Waals surface area contributed by atoms with Gasteiger partial charge in [0.05, 0.1) is 18.0 Å². The van der Waals surface area contributed by atoms with Gasteiger partial charge in [0.25, 0.3) is 0 Å². The van der Waals surface area contributed by atoms with Gasteiger partial charge in [0.2, 0.25) is 11.1 Å². The number of amides is 1. The van der Waals surface area contributed by atoms with E-state index in [4.69, 9.17) is 16.3 Å². The Balaban J connectivity index is 2.11. The van der Waals surface area contributed by atoms with Crippen molar-refractivity contribution in [3.63, 3.8) is 0 Å². The highest BCUT2D eigenvalue weighted by molar-refractivity contribution is 8.00. The molecule has 9 heteroatoms. The number of carbonyl (C=O) groups excluding carboxylic acids is 1. The van der Waals surface area contributed by atoms with Gasteiger partial charge in [0, 0.05) is 18.1 Å². The van der Waals surface area contributed by atoms with Gasteiger partial charge in [0.1, 0.15) is 5.75 Å². The van der Waals surface area contributed by atoms with Crippen molar-refractivity contribution in [3.05, 3.63) is 22.7 Å². The van der Waals surface area contributed by atoms with Crippen molar-refractivity contribution in [1.82, 2.24) is 20.2 Å². The van der Waals surface area contributed by atoms with Crippen molar-refractivity contribution >= 4 is 35.0 Å². The van der Waals surface area contributed by atoms with Gasteiger partial charge in [-0.25, -0.2) is 4.68 Å². The van der Waals surface area contributed by atoms with E-state index in [1.165, 1.54) is 23.6 Å². The monoisotopic (exact) mass is 341 g/mol. The molecule has 0 saturated heterocycles. The molecule has 0 aliphatic heterocycles. The number of nitrogens with zero attached hydrogens (tertiary/aromatic N) is 4. The van der Waals surface area contributed by atoms with Crippen LogP contribution in [0.15, 0.2) is 17.3 Å². The average Bonchev–Trinajstić information content (AvgIpc) is 2.87. The third-order valence-electron chi connectivity index (χ3n) is 2.97. The minimum Gasteiger partial charge on any atom is -0.495 e. The Labute approximate surface area is 137 Å². The predicted molar refractivity (Wildman–Crippen MR) is 85.5 cm³/mol. The van der Waals surface area contributed by atoms with Gasteiger partial charge in [0.15, 0.2) is 0 Å². The summed E-state index contributed by atoms with van der Waals surface area (Å²) >= 11 is 7.33. The molecule has 0 bridgehead atoms. The smallest absolute Gasteiger partial charge is 0.237 e. The molecule has 0 fully saturated rings. The number of carbonyl (C=O) groups is 1. The molecule has 7 nitrogen and oxygen atoms in total. The summed E-state index contributed by atoms with van der Waals surface area (Å²) in [5, 5.41) is 14.7. The van der Waals surface area contributed by atoms with Gasteiger partial charge in [-0.1, -0.05) is 23.4 Å². The summed E-state index contributed by atoms with van der Waals surface area (Å²) in [5.74, 6) is 0.342. The summed E-state index contributed by atoms with van der Waals surface area (Å²) in [4.78, 5) is 12.3. The summed E-state index contributed by atoms with van der Waals surface area (Å²) in [7, 11) is 3.25. The van der Waals surface area contributed by atoms with Crippen LogP contribution in [0.1, 0.15) is 12.5 Å². The van der Waals surface area contributed by atoms with Crippen molar-refractivity contribution in [1.29, 1.82) is 0 Å². The van der Waals surface area contributed by atoms with Crippen LogP contribution in [0.2, 0.25) is 5.02 Å². The summed E-state index contributed by atoms with van der Waals surface area (Å²) in [6.45, 7) is 3.64. The minimum absolute atomic E-state index is 0.173. The van der Waals surface area contributed by atoms with Crippen LogP contribution in [-0.2, 0) is 11.8 Å². The molecule has 2 rings (SSSR count). The fourth-order valence-corrected chi connectivity index (χ4v) is 2.61. The lowest BCUT2D eigenvalue weighted by Gasteiger charge is -2.14. The molecule has 2 aromatic rings. The number of tetrazole rings is 1. The number of methoxy groups -OCH3 is 1. The molecular formula is C13H16ClN5O2S. The van der Waals surface area contributed by atoms with Crippen molar-refractivity contribution < 1.29 is 9.53 Å². The third-order valence-corrected chi connectivity index (χ3v) is 4.50. The summed E-state index contributed by atoms with van der Waals surface area (Å²) in [6, 6.07) is 3.46. The Morgan fingerprint density at radius 3 is 2.82 bits per heavy atom. The average molecular weight is 342 g/mol. The number of halogens is 1. The second kappa shape index (κ2) is 6.97. The molecule has 0 saturated carbocycles. The standard InChI is InChI=1S/C13H16ClN5O2S/c1-7-5-10(11(21-4)6-9(7)14)15-12(20)8(2)22-13-16-17-18-19(13)3/h5-6,8H,1-4H3,(H,15,20). The molecule has 0 radical (unpaired) electrons. The maximum Gasteiger partial charge on any atom is 0.237 e. The molecule has 0 spiro atoms. The molecule has 1 aromatic carbocycles. The van der Waals surface area contributed by atoms with E-state index in [1.807, 2.05) is 6.92 Å². The number of nitrogens with one attached hydrogen (secondary N) is 1. The van der Waals surface area contributed by atoms with Crippen molar-refractivity contribution in [2.45, 2.75) is 24.3 Å². The highest BCUT2D eigenvalue weighted by Gasteiger charge is 2.19. The quantitative estimate of drug-likeness (QED) is 0.840. The maximum absolute atomic E-state index is 12.3. The van der Waals surface area contributed by atoms with Crippen LogP contribution in [0.3, 0.4) is 0 Å². The number of ether oxygens (including phenoxy) is 1. The van der Waals surface area contributed by atoms with Gasteiger partial charge in [-0.2, -0.15) is 0 Å². The van der Waals surface area contributed by atoms with E-state index in [1.54, 1.807) is 26.1 Å². The van der Waals surface area contributed by atoms with Crippen LogP contribution in [0.5, 0.6) is 5.75 Å². The van der Waals surface area contributed by atoms with E-state index in [0.29, 0.717) is 21.6 Å². The lowest BCUT2D eigenvalue weighted by atomic mass is 10.2. The molecule has 1 atom stereocenters. The zero-order valence-electron chi connectivity index (χ0n) is 12.6. The van der Waals surface area contributed by atoms with Gasteiger partial charge in [-0.15, -0.1) is 5.10 Å². The normalized spacial score (nSPS) is 12.0. The number of anilines is 1. The highest BCUT2D eigenvalue weighted by atomic mass is 35.5. The van der Waals surface area contributed by atoms with Gasteiger partial charge < -0.3 is 10.1 Å². The van der Waals surface area contributed by atoms with Gasteiger partial charge >= 0.3 is 0 Å². The van der Waals surface area contributed by atoms with Gasteiger partial charge in [-0.05, 0) is 35.9 Å². The Hall–Kier alpha value is -1.80. The molecular weight excluding hydrogens is 326 g/mol. The molecule has 0 aliphatic carbocycles. The van der Waals surface area contributed by atoms with Crippen LogP contribution in [0.25, 0.3) is 0 Å². The van der Waals surface area contributed by atoms with Crippen LogP contribution >= 0.6 is 23.4 Å². The maximum atomic E-state index is 12.3. The van der Waals surface area contributed by atoms with Crippen LogP contribution in [-0.4, -0.2) is 38.5 Å². The molecule has 118 valence electrons. The molecule has 1 unspecified atom stereocenters. The first-order valence-corrected chi connectivity index (χ1v) is 7.72. The van der Waals surface area contributed by atoms with E-state index in [0.717, 1.165) is 5.56 Å². The van der Waals surface area contributed by atoms with Crippen LogP contribution in [0, 0.1) is 6.92 Å². The zero-order chi connectivity index (χ0) is 16.3. The van der Waals surface area contributed by atoms with E-state index in [-0.39, 0.29) is 11.2 Å². The van der Waals surface area contributed by atoms with E-state index < -0.39 is 0 Å². The second-order valence-corrected chi connectivity index (χ2v) is 6.35. The van der Waals surface area contributed by atoms with Crippen molar-refractivity contribution in [2.24, 2.45) is 7.05 Å². The summed E-state index contributed by atoms with van der Waals surface area (Å²) < 4.78 is 6.76. The fraction of sp³-hybridized carbons (Fsp3) is 0.385. The van der Waals surface area contributed by atoms with Gasteiger partial charge in [-0.3, -0.25) is 4.79 Å². The number of rotatable bonds is 5.